The normalized spacial score (nSPS) is 13.5. The number of ether oxygens (including phenoxy) is 2. The van der Waals surface area contributed by atoms with E-state index in [4.69, 9.17) is 21.1 Å². The minimum absolute atomic E-state index is 0.0548. The molecule has 18 heavy (non-hydrogen) atoms. The van der Waals surface area contributed by atoms with Gasteiger partial charge in [-0.15, -0.1) is 0 Å². The van der Waals surface area contributed by atoms with E-state index < -0.39 is 10.0 Å². The molecule has 1 aromatic heterocycles. The number of rotatable bonds is 7. The van der Waals surface area contributed by atoms with Gasteiger partial charge in [-0.1, -0.05) is 11.6 Å². The van der Waals surface area contributed by atoms with Crippen molar-refractivity contribution in [3.05, 3.63) is 23.5 Å². The van der Waals surface area contributed by atoms with Gasteiger partial charge in [-0.05, 0) is 12.1 Å². The van der Waals surface area contributed by atoms with Crippen LogP contribution in [0.25, 0.3) is 0 Å². The molecular formula is C10H15ClN2O4S. The Kier molecular flexibility index (Phi) is 5.97. The molecule has 0 spiro atoms. The number of pyridine rings is 1. The predicted molar refractivity (Wildman–Crippen MR) is 67.1 cm³/mol. The molecule has 0 radical (unpaired) electrons. The Morgan fingerprint density at radius 2 is 2.17 bits per heavy atom. The third-order valence-electron chi connectivity index (χ3n) is 2.20. The highest BCUT2D eigenvalue weighted by Gasteiger charge is 2.17. The van der Waals surface area contributed by atoms with Crippen molar-refractivity contribution in [1.82, 2.24) is 9.71 Å². The first-order chi connectivity index (χ1) is 8.49. The largest absolute Gasteiger partial charge is 0.382 e. The van der Waals surface area contributed by atoms with E-state index in [-0.39, 0.29) is 22.7 Å². The van der Waals surface area contributed by atoms with E-state index >= 15 is 0 Å². The van der Waals surface area contributed by atoms with Crippen LogP contribution in [0.15, 0.2) is 23.2 Å². The topological polar surface area (TPSA) is 77.5 Å². The van der Waals surface area contributed by atoms with Crippen LogP contribution in [0.2, 0.25) is 5.15 Å². The van der Waals surface area contributed by atoms with Crippen LogP contribution in [-0.4, -0.2) is 46.9 Å². The summed E-state index contributed by atoms with van der Waals surface area (Å²) in [5.74, 6) is 0. The quantitative estimate of drug-likeness (QED) is 0.748. The van der Waals surface area contributed by atoms with E-state index in [0.29, 0.717) is 6.61 Å². The van der Waals surface area contributed by atoms with Crippen molar-refractivity contribution in [3.8, 4) is 0 Å². The first kappa shape index (κ1) is 15.3. The smallest absolute Gasteiger partial charge is 0.242 e. The summed E-state index contributed by atoms with van der Waals surface area (Å²) in [5, 5.41) is 0.239. The zero-order valence-electron chi connectivity index (χ0n) is 10.1. The second-order valence-electron chi connectivity index (χ2n) is 3.48. The summed E-state index contributed by atoms with van der Waals surface area (Å²) in [7, 11) is -0.602. The third-order valence-corrected chi connectivity index (χ3v) is 3.83. The molecule has 0 aliphatic carbocycles. The number of nitrogens with zero attached hydrogens (tertiary/aromatic N) is 1. The van der Waals surface area contributed by atoms with Gasteiger partial charge in [-0.3, -0.25) is 0 Å². The summed E-state index contributed by atoms with van der Waals surface area (Å²) >= 11 is 5.59. The lowest BCUT2D eigenvalue weighted by atomic mass is 10.4. The number of sulfonamides is 1. The predicted octanol–water partition coefficient (Wildman–Crippen LogP) is 0.675. The van der Waals surface area contributed by atoms with Crippen LogP contribution in [0.5, 0.6) is 0 Å². The van der Waals surface area contributed by atoms with Gasteiger partial charge in [0.1, 0.15) is 10.0 Å². The Morgan fingerprint density at radius 3 is 2.67 bits per heavy atom. The highest BCUT2D eigenvalue weighted by Crippen LogP contribution is 2.10. The van der Waals surface area contributed by atoms with Crippen LogP contribution < -0.4 is 4.72 Å². The fourth-order valence-electron chi connectivity index (χ4n) is 1.20. The van der Waals surface area contributed by atoms with E-state index in [1.807, 2.05) is 0 Å². The van der Waals surface area contributed by atoms with Gasteiger partial charge in [0.15, 0.2) is 0 Å². The van der Waals surface area contributed by atoms with E-state index in [2.05, 4.69) is 9.71 Å². The summed E-state index contributed by atoms with van der Waals surface area (Å²) in [5.41, 5.74) is 0. The zero-order chi connectivity index (χ0) is 13.6. The number of aromatic nitrogens is 1. The first-order valence-electron chi connectivity index (χ1n) is 5.12. The molecule has 0 saturated carbocycles. The van der Waals surface area contributed by atoms with Crippen molar-refractivity contribution in [1.29, 1.82) is 0 Å². The molecule has 0 fully saturated rings. The van der Waals surface area contributed by atoms with Gasteiger partial charge in [0.2, 0.25) is 10.0 Å². The molecule has 8 heteroatoms. The molecule has 0 amide bonds. The average molecular weight is 295 g/mol. The van der Waals surface area contributed by atoms with Gasteiger partial charge in [0, 0.05) is 27.0 Å². The highest BCUT2D eigenvalue weighted by molar-refractivity contribution is 7.89. The molecule has 0 aliphatic rings. The first-order valence-corrected chi connectivity index (χ1v) is 6.98. The molecule has 6 nitrogen and oxygen atoms in total. The van der Waals surface area contributed by atoms with E-state index in [1.165, 1.54) is 32.5 Å². The van der Waals surface area contributed by atoms with Crippen molar-refractivity contribution >= 4 is 21.6 Å². The van der Waals surface area contributed by atoms with Crippen molar-refractivity contribution < 1.29 is 17.9 Å². The maximum Gasteiger partial charge on any atom is 0.242 e. The SMILES string of the molecule is COCC(CNS(=O)(=O)c1ccc(Cl)nc1)OC. The molecule has 1 atom stereocenters. The number of nitrogens with one attached hydrogen (secondary N) is 1. The average Bonchev–Trinajstić information content (AvgIpc) is 2.35. The number of hydrogen-bond donors (Lipinski definition) is 1. The Morgan fingerprint density at radius 1 is 1.44 bits per heavy atom. The van der Waals surface area contributed by atoms with E-state index in [0.717, 1.165) is 0 Å². The Hall–Kier alpha value is -0.730. The minimum atomic E-state index is -3.61. The summed E-state index contributed by atoms with van der Waals surface area (Å²) in [6.07, 6.45) is 0.855. The number of halogens is 1. The maximum atomic E-state index is 11.9. The molecule has 102 valence electrons. The summed E-state index contributed by atoms with van der Waals surface area (Å²) in [4.78, 5) is 3.77. The van der Waals surface area contributed by atoms with Gasteiger partial charge in [0.05, 0.1) is 12.7 Å². The highest BCUT2D eigenvalue weighted by atomic mass is 35.5. The van der Waals surface area contributed by atoms with Crippen LogP contribution in [-0.2, 0) is 19.5 Å². The summed E-state index contributed by atoms with van der Waals surface area (Å²) in [6.45, 7) is 0.424. The van der Waals surface area contributed by atoms with Gasteiger partial charge in [-0.2, -0.15) is 0 Å². The second kappa shape index (κ2) is 7.01. The van der Waals surface area contributed by atoms with Crippen LogP contribution in [0.4, 0.5) is 0 Å². The Balaban J connectivity index is 2.67. The van der Waals surface area contributed by atoms with Crippen molar-refractivity contribution in [2.24, 2.45) is 0 Å². The number of methoxy groups -OCH3 is 2. The molecule has 1 aromatic rings. The molecule has 0 aliphatic heterocycles. The lowest BCUT2D eigenvalue weighted by molar-refractivity contribution is 0.0320. The van der Waals surface area contributed by atoms with Crippen LogP contribution in [0.1, 0.15) is 0 Å². The molecule has 0 saturated heterocycles. The molecular weight excluding hydrogens is 280 g/mol. The monoisotopic (exact) mass is 294 g/mol. The third kappa shape index (κ3) is 4.51. The maximum absolute atomic E-state index is 11.9. The lowest BCUT2D eigenvalue weighted by Crippen LogP contribution is -2.35. The van der Waals surface area contributed by atoms with E-state index in [1.54, 1.807) is 0 Å². The van der Waals surface area contributed by atoms with Gasteiger partial charge in [0.25, 0.3) is 0 Å². The van der Waals surface area contributed by atoms with Gasteiger partial charge in [-0.25, -0.2) is 18.1 Å². The molecule has 1 unspecified atom stereocenters. The fourth-order valence-corrected chi connectivity index (χ4v) is 2.33. The summed E-state index contributed by atoms with van der Waals surface area (Å²) in [6, 6.07) is 2.80. The molecule has 0 bridgehead atoms. The number of hydrogen-bond acceptors (Lipinski definition) is 5. The standard InChI is InChI=1S/C10H15ClN2O4S/c1-16-7-8(17-2)5-13-18(14,15)9-3-4-10(11)12-6-9/h3-4,6,8,13H,5,7H2,1-2H3. The van der Waals surface area contributed by atoms with Crippen molar-refractivity contribution in [2.45, 2.75) is 11.0 Å². The molecule has 1 heterocycles. The minimum Gasteiger partial charge on any atom is -0.382 e. The van der Waals surface area contributed by atoms with Crippen molar-refractivity contribution in [2.75, 3.05) is 27.4 Å². The molecule has 1 rings (SSSR count). The van der Waals surface area contributed by atoms with Crippen LogP contribution >= 0.6 is 11.6 Å². The Labute approximate surface area is 111 Å². The van der Waals surface area contributed by atoms with E-state index in [9.17, 15) is 8.42 Å². The van der Waals surface area contributed by atoms with Crippen LogP contribution in [0.3, 0.4) is 0 Å². The van der Waals surface area contributed by atoms with Gasteiger partial charge < -0.3 is 9.47 Å². The summed E-state index contributed by atoms with van der Waals surface area (Å²) < 4.78 is 36.1. The van der Waals surface area contributed by atoms with Crippen molar-refractivity contribution in [3.63, 3.8) is 0 Å². The Bertz CT molecular complexity index is 463. The fraction of sp³-hybridized carbons (Fsp3) is 0.500. The van der Waals surface area contributed by atoms with Gasteiger partial charge >= 0.3 is 0 Å². The molecule has 0 aromatic carbocycles. The molecule has 1 N–H and O–H groups in total. The second-order valence-corrected chi connectivity index (χ2v) is 5.64. The zero-order valence-corrected chi connectivity index (χ0v) is 11.7. The lowest BCUT2D eigenvalue weighted by Gasteiger charge is -2.15. The van der Waals surface area contributed by atoms with Crippen LogP contribution in [0, 0.1) is 0 Å².